The zero-order chi connectivity index (χ0) is 13.3. The minimum absolute atomic E-state index is 0.454. The normalized spacial score (nSPS) is 38.7. The first-order valence-corrected chi connectivity index (χ1v) is 8.24. The number of nitrogens with one attached hydrogen (secondary N) is 1. The van der Waals surface area contributed by atoms with Crippen molar-refractivity contribution >= 4 is 23.3 Å². The highest BCUT2D eigenvalue weighted by Gasteiger charge is 2.51. The Morgan fingerprint density at radius 3 is 2.35 bits per heavy atom. The molecule has 2 aromatic rings. The zero-order valence-electron chi connectivity index (χ0n) is 11.5. The molecule has 4 aliphatic rings. The minimum Gasteiger partial charge on any atom is -0.429 e. The highest BCUT2D eigenvalue weighted by atomic mass is 32.1. The number of hydrogen-bond donors (Lipinski definition) is 1. The molecule has 0 aliphatic heterocycles. The van der Waals surface area contributed by atoms with E-state index in [0.29, 0.717) is 10.3 Å². The smallest absolute Gasteiger partial charge is 0.266 e. The molecule has 1 heterocycles. The molecule has 1 aromatic carbocycles. The Hall–Kier alpha value is -1.09. The molecule has 0 unspecified atom stereocenters. The maximum atomic E-state index is 5.50. The molecular weight excluding hydrogens is 266 g/mol. The van der Waals surface area contributed by atoms with Gasteiger partial charge in [-0.05, 0) is 91.6 Å². The molecule has 0 atom stereocenters. The lowest BCUT2D eigenvalue weighted by Gasteiger charge is -2.57. The fourth-order valence-corrected chi connectivity index (χ4v) is 5.95. The molecule has 20 heavy (non-hydrogen) atoms. The molecule has 3 heteroatoms. The fraction of sp³-hybridized carbons (Fsp3) is 0.588. The average molecular weight is 285 g/mol. The van der Waals surface area contributed by atoms with Crippen molar-refractivity contribution in [1.82, 2.24) is 4.98 Å². The van der Waals surface area contributed by atoms with Gasteiger partial charge in [-0.25, -0.2) is 0 Å². The second-order valence-corrected chi connectivity index (χ2v) is 7.79. The van der Waals surface area contributed by atoms with Crippen molar-refractivity contribution in [3.8, 4) is 0 Å². The van der Waals surface area contributed by atoms with Gasteiger partial charge in [-0.2, -0.15) is 0 Å². The van der Waals surface area contributed by atoms with Crippen LogP contribution in [0.25, 0.3) is 11.1 Å². The molecule has 4 fully saturated rings. The highest BCUT2D eigenvalue weighted by molar-refractivity contribution is 7.71. The molecule has 4 bridgehead atoms. The van der Waals surface area contributed by atoms with E-state index in [1.807, 2.05) is 0 Å². The van der Waals surface area contributed by atoms with Crippen molar-refractivity contribution in [3.63, 3.8) is 0 Å². The second kappa shape index (κ2) is 3.76. The first-order valence-electron chi connectivity index (χ1n) is 7.84. The van der Waals surface area contributed by atoms with E-state index in [1.165, 1.54) is 44.1 Å². The Bertz CT molecular complexity index is 705. The van der Waals surface area contributed by atoms with Gasteiger partial charge < -0.3 is 9.40 Å². The third-order valence-electron chi connectivity index (χ3n) is 6.07. The molecule has 0 amide bonds. The van der Waals surface area contributed by atoms with Crippen LogP contribution in [-0.2, 0) is 5.41 Å². The molecule has 4 aliphatic carbocycles. The van der Waals surface area contributed by atoms with E-state index in [1.54, 1.807) is 0 Å². The topological polar surface area (TPSA) is 28.9 Å². The Labute approximate surface area is 123 Å². The molecule has 0 spiro atoms. The van der Waals surface area contributed by atoms with Gasteiger partial charge in [0.25, 0.3) is 4.84 Å². The van der Waals surface area contributed by atoms with Gasteiger partial charge in [0.2, 0.25) is 0 Å². The Kier molecular flexibility index (Phi) is 2.17. The monoisotopic (exact) mass is 285 g/mol. The summed E-state index contributed by atoms with van der Waals surface area (Å²) in [6, 6.07) is 6.71. The number of aromatic amines is 1. The molecule has 2 nitrogen and oxygen atoms in total. The molecular formula is C17H19NOS. The summed E-state index contributed by atoms with van der Waals surface area (Å²) < 4.78 is 5.50. The van der Waals surface area contributed by atoms with Crippen LogP contribution in [0.15, 0.2) is 22.6 Å². The molecule has 0 saturated heterocycles. The summed E-state index contributed by atoms with van der Waals surface area (Å²) in [4.78, 5) is 3.67. The SMILES string of the molecule is S=c1[nH]c2cc(C34CC5CC(CC(C5)C3)C4)ccc2o1. The molecule has 104 valence electrons. The van der Waals surface area contributed by atoms with Crippen LogP contribution < -0.4 is 0 Å². The van der Waals surface area contributed by atoms with Gasteiger partial charge in [0.05, 0.1) is 5.52 Å². The van der Waals surface area contributed by atoms with Crippen molar-refractivity contribution in [2.24, 2.45) is 17.8 Å². The van der Waals surface area contributed by atoms with Crippen LogP contribution in [0.1, 0.15) is 44.1 Å². The highest BCUT2D eigenvalue weighted by Crippen LogP contribution is 2.60. The Balaban J connectivity index is 1.65. The third-order valence-corrected chi connectivity index (χ3v) is 6.25. The molecule has 0 radical (unpaired) electrons. The van der Waals surface area contributed by atoms with Crippen molar-refractivity contribution in [1.29, 1.82) is 0 Å². The lowest BCUT2D eigenvalue weighted by atomic mass is 9.48. The first-order chi connectivity index (χ1) is 9.70. The lowest BCUT2D eigenvalue weighted by molar-refractivity contribution is -0.00513. The predicted octanol–water partition coefficient (Wildman–Crippen LogP) is 4.96. The van der Waals surface area contributed by atoms with E-state index >= 15 is 0 Å². The minimum atomic E-state index is 0.454. The summed E-state index contributed by atoms with van der Waals surface area (Å²) in [5.74, 6) is 2.96. The number of aromatic nitrogens is 1. The number of oxazole rings is 1. The Morgan fingerprint density at radius 1 is 1.05 bits per heavy atom. The van der Waals surface area contributed by atoms with Gasteiger partial charge in [0.15, 0.2) is 5.58 Å². The number of H-pyrrole nitrogens is 1. The van der Waals surface area contributed by atoms with Crippen LogP contribution in [-0.4, -0.2) is 4.98 Å². The van der Waals surface area contributed by atoms with Crippen molar-refractivity contribution < 1.29 is 4.42 Å². The zero-order valence-corrected chi connectivity index (χ0v) is 12.3. The summed E-state index contributed by atoms with van der Waals surface area (Å²) in [6.45, 7) is 0. The van der Waals surface area contributed by atoms with E-state index in [4.69, 9.17) is 16.6 Å². The van der Waals surface area contributed by atoms with Gasteiger partial charge >= 0.3 is 0 Å². The lowest BCUT2D eigenvalue weighted by Crippen LogP contribution is -2.48. The maximum absolute atomic E-state index is 5.50. The maximum Gasteiger partial charge on any atom is 0.266 e. The van der Waals surface area contributed by atoms with E-state index in [2.05, 4.69) is 23.2 Å². The quantitative estimate of drug-likeness (QED) is 0.750. The van der Waals surface area contributed by atoms with E-state index in [9.17, 15) is 0 Å². The number of hydrogen-bond acceptors (Lipinski definition) is 2. The van der Waals surface area contributed by atoms with Gasteiger partial charge in [-0.3, -0.25) is 0 Å². The van der Waals surface area contributed by atoms with Crippen LogP contribution in [0.4, 0.5) is 0 Å². The van der Waals surface area contributed by atoms with Crippen LogP contribution in [0, 0.1) is 22.6 Å². The molecule has 1 N–H and O–H groups in total. The van der Waals surface area contributed by atoms with Crippen molar-refractivity contribution in [2.75, 3.05) is 0 Å². The van der Waals surface area contributed by atoms with Crippen molar-refractivity contribution in [3.05, 3.63) is 28.6 Å². The number of fused-ring (bicyclic) bond motifs is 1. The summed E-state index contributed by atoms with van der Waals surface area (Å²) in [6.07, 6.45) is 8.70. The summed E-state index contributed by atoms with van der Waals surface area (Å²) in [5, 5.41) is 0. The van der Waals surface area contributed by atoms with Crippen LogP contribution >= 0.6 is 12.2 Å². The van der Waals surface area contributed by atoms with Crippen LogP contribution in [0.2, 0.25) is 0 Å². The predicted molar refractivity (Wildman–Crippen MR) is 81.2 cm³/mol. The van der Waals surface area contributed by atoms with Gasteiger partial charge in [0.1, 0.15) is 0 Å². The summed E-state index contributed by atoms with van der Waals surface area (Å²) in [5.41, 5.74) is 3.94. The van der Waals surface area contributed by atoms with E-state index in [0.717, 1.165) is 28.9 Å². The first kappa shape index (κ1) is 11.6. The number of benzene rings is 1. The molecule has 4 saturated carbocycles. The largest absolute Gasteiger partial charge is 0.429 e. The Morgan fingerprint density at radius 2 is 1.70 bits per heavy atom. The fourth-order valence-electron chi connectivity index (χ4n) is 5.75. The molecule has 6 rings (SSSR count). The van der Waals surface area contributed by atoms with E-state index in [-0.39, 0.29) is 0 Å². The number of rotatable bonds is 1. The second-order valence-electron chi connectivity index (χ2n) is 7.42. The van der Waals surface area contributed by atoms with Gasteiger partial charge in [0, 0.05) is 0 Å². The standard InChI is InChI=1S/C17H19NOS/c20-16-18-14-6-13(1-2-15(14)19-16)17-7-10-3-11(8-17)5-12(4-10)9-17/h1-2,6,10-12H,3-5,7-9H2,(H,18,20). The third kappa shape index (κ3) is 1.53. The van der Waals surface area contributed by atoms with E-state index < -0.39 is 0 Å². The van der Waals surface area contributed by atoms with Crippen molar-refractivity contribution in [2.45, 2.75) is 43.9 Å². The summed E-state index contributed by atoms with van der Waals surface area (Å²) >= 11 is 5.10. The van der Waals surface area contributed by atoms with Crippen LogP contribution in [0.3, 0.4) is 0 Å². The van der Waals surface area contributed by atoms with Gasteiger partial charge in [-0.15, -0.1) is 0 Å². The summed E-state index contributed by atoms with van der Waals surface area (Å²) in [7, 11) is 0. The van der Waals surface area contributed by atoms with Crippen LogP contribution in [0.5, 0.6) is 0 Å². The molecule has 1 aromatic heterocycles. The van der Waals surface area contributed by atoms with Gasteiger partial charge in [-0.1, -0.05) is 6.07 Å². The average Bonchev–Trinajstić information content (AvgIpc) is 2.76.